The van der Waals surface area contributed by atoms with Crippen LogP contribution in [0.15, 0.2) is 48.5 Å². The summed E-state index contributed by atoms with van der Waals surface area (Å²) in [4.78, 5) is 14.4. The van der Waals surface area contributed by atoms with Crippen LogP contribution >= 0.6 is 0 Å². The van der Waals surface area contributed by atoms with E-state index in [1.807, 2.05) is 48.5 Å². The number of nitrogens with zero attached hydrogens (tertiary/aromatic N) is 2. The quantitative estimate of drug-likeness (QED) is 0.765. The molecular weight excluding hydrogens is 390 g/mol. The van der Waals surface area contributed by atoms with E-state index in [1.165, 1.54) is 11.3 Å². The van der Waals surface area contributed by atoms with Crippen LogP contribution in [0.25, 0.3) is 11.1 Å². The molecule has 6 heteroatoms. The van der Waals surface area contributed by atoms with Gasteiger partial charge in [-0.25, -0.2) is 4.79 Å². The van der Waals surface area contributed by atoms with Gasteiger partial charge in [0.2, 0.25) is 0 Å². The molecule has 2 aliphatic rings. The summed E-state index contributed by atoms with van der Waals surface area (Å²) in [6.45, 7) is -0.166. The summed E-state index contributed by atoms with van der Waals surface area (Å²) < 4.78 is 5.21. The molecular formula is C25H29N3O3. The van der Waals surface area contributed by atoms with Crippen molar-refractivity contribution in [3.8, 4) is 22.9 Å². The molecule has 1 saturated carbocycles. The van der Waals surface area contributed by atoms with Crippen LogP contribution in [0.5, 0.6) is 5.75 Å². The minimum Gasteiger partial charge on any atom is -0.497 e. The van der Waals surface area contributed by atoms with Crippen molar-refractivity contribution in [3.63, 3.8) is 0 Å². The van der Waals surface area contributed by atoms with Crippen LogP contribution in [0.2, 0.25) is 0 Å². The lowest BCUT2D eigenvalue weighted by atomic mass is 9.75. The summed E-state index contributed by atoms with van der Waals surface area (Å²) in [5.41, 5.74) is 3.10. The number of aliphatic hydroxyl groups excluding tert-OH is 1. The summed E-state index contributed by atoms with van der Waals surface area (Å²) in [6, 6.07) is 17.1. The van der Waals surface area contributed by atoms with Gasteiger partial charge in [-0.3, -0.25) is 0 Å². The molecule has 6 nitrogen and oxygen atoms in total. The lowest BCUT2D eigenvalue weighted by molar-refractivity contribution is 0.0153. The molecule has 1 aliphatic heterocycles. The van der Waals surface area contributed by atoms with Crippen molar-refractivity contribution in [1.82, 2.24) is 10.2 Å². The predicted molar refractivity (Wildman–Crippen MR) is 119 cm³/mol. The third-order valence-corrected chi connectivity index (χ3v) is 6.62. The van der Waals surface area contributed by atoms with Gasteiger partial charge in [-0.15, -0.1) is 0 Å². The Hall–Kier alpha value is -3.04. The molecule has 1 heterocycles. The van der Waals surface area contributed by atoms with Crippen molar-refractivity contribution in [2.75, 3.05) is 13.7 Å². The normalized spacial score (nSPS) is 23.5. The molecule has 162 valence electrons. The van der Waals surface area contributed by atoms with Gasteiger partial charge >= 0.3 is 6.03 Å². The lowest BCUT2D eigenvalue weighted by Crippen LogP contribution is -2.67. The van der Waals surface area contributed by atoms with Gasteiger partial charge in [-0.05, 0) is 41.7 Å². The number of urea groups is 1. The van der Waals surface area contributed by atoms with Gasteiger partial charge < -0.3 is 20.1 Å². The second-order valence-electron chi connectivity index (χ2n) is 8.39. The molecule has 0 aromatic heterocycles. The van der Waals surface area contributed by atoms with E-state index in [9.17, 15) is 15.2 Å². The standard InChI is InChI=1S/C25H29N3O3/c1-31-21-13-11-18(12-14-21)17-7-9-19(10-8-17)24-22(15-26)28(23(24)16-29)25(30)27-20-5-3-2-4-6-20/h7-14,20,22-24,29H,2-6,16H2,1H3,(H,27,30)/t22-,23+,24-/m1/s1. The van der Waals surface area contributed by atoms with E-state index in [4.69, 9.17) is 4.74 Å². The monoisotopic (exact) mass is 419 g/mol. The van der Waals surface area contributed by atoms with Crippen molar-refractivity contribution in [3.05, 3.63) is 54.1 Å². The molecule has 1 aliphatic carbocycles. The molecule has 4 rings (SSSR count). The summed E-state index contributed by atoms with van der Waals surface area (Å²) in [5.74, 6) is 0.612. The molecule has 0 bridgehead atoms. The number of amides is 2. The first kappa shape index (κ1) is 21.2. The highest BCUT2D eigenvalue weighted by Crippen LogP contribution is 2.41. The zero-order valence-electron chi connectivity index (χ0n) is 17.8. The fourth-order valence-electron chi connectivity index (χ4n) is 4.86. The Bertz CT molecular complexity index is 930. The number of nitrogens with one attached hydrogen (secondary N) is 1. The van der Waals surface area contributed by atoms with Crippen LogP contribution in [0.1, 0.15) is 43.6 Å². The highest BCUT2D eigenvalue weighted by atomic mass is 16.5. The lowest BCUT2D eigenvalue weighted by Gasteiger charge is -2.51. The summed E-state index contributed by atoms with van der Waals surface area (Å²) in [6.07, 6.45) is 5.43. The van der Waals surface area contributed by atoms with Gasteiger partial charge in [0.1, 0.15) is 11.8 Å². The summed E-state index contributed by atoms with van der Waals surface area (Å²) in [5, 5.41) is 22.8. The number of methoxy groups -OCH3 is 1. The van der Waals surface area contributed by atoms with Gasteiger partial charge in [-0.1, -0.05) is 55.7 Å². The van der Waals surface area contributed by atoms with E-state index in [1.54, 1.807) is 7.11 Å². The third-order valence-electron chi connectivity index (χ3n) is 6.62. The number of ether oxygens (including phenoxy) is 1. The number of carbonyl (C=O) groups excluding carboxylic acids is 1. The molecule has 2 aromatic carbocycles. The van der Waals surface area contributed by atoms with Crippen LogP contribution in [0.4, 0.5) is 4.79 Å². The van der Waals surface area contributed by atoms with Crippen molar-refractivity contribution in [1.29, 1.82) is 5.26 Å². The first-order chi connectivity index (χ1) is 15.2. The van der Waals surface area contributed by atoms with Crippen LogP contribution in [0.3, 0.4) is 0 Å². The fraction of sp³-hybridized carbons (Fsp3) is 0.440. The number of carbonyl (C=O) groups is 1. The Labute approximate surface area is 183 Å². The molecule has 2 N–H and O–H groups in total. The Kier molecular flexibility index (Phi) is 6.43. The van der Waals surface area contributed by atoms with Gasteiger partial charge in [0.25, 0.3) is 0 Å². The molecule has 3 atom stereocenters. The number of hydrogen-bond donors (Lipinski definition) is 2. The van der Waals surface area contributed by atoms with Crippen molar-refractivity contribution in [2.45, 2.75) is 56.1 Å². The molecule has 0 radical (unpaired) electrons. The zero-order chi connectivity index (χ0) is 21.8. The van der Waals surface area contributed by atoms with Crippen molar-refractivity contribution >= 4 is 6.03 Å². The molecule has 2 amide bonds. The number of likely N-dealkylation sites (tertiary alicyclic amines) is 1. The predicted octanol–water partition coefficient (Wildman–Crippen LogP) is 4.06. The van der Waals surface area contributed by atoms with E-state index in [0.29, 0.717) is 0 Å². The van der Waals surface area contributed by atoms with Gasteiger partial charge in [-0.2, -0.15) is 5.26 Å². The van der Waals surface area contributed by atoms with Gasteiger partial charge in [0.15, 0.2) is 0 Å². The molecule has 2 aromatic rings. The molecule has 0 spiro atoms. The second-order valence-corrected chi connectivity index (χ2v) is 8.39. The van der Waals surface area contributed by atoms with Crippen LogP contribution in [-0.2, 0) is 0 Å². The maximum Gasteiger partial charge on any atom is 0.319 e. The SMILES string of the molecule is COc1ccc(-c2ccc([C@@H]3[C@@H](C#N)N(C(=O)NC4CCCCC4)[C@H]3CO)cc2)cc1. The number of nitriles is 1. The summed E-state index contributed by atoms with van der Waals surface area (Å²) in [7, 11) is 1.64. The van der Waals surface area contributed by atoms with Crippen LogP contribution in [-0.4, -0.2) is 47.9 Å². The van der Waals surface area contributed by atoms with Crippen molar-refractivity contribution in [2.24, 2.45) is 0 Å². The largest absolute Gasteiger partial charge is 0.497 e. The highest BCUT2D eigenvalue weighted by molar-refractivity contribution is 5.78. The van der Waals surface area contributed by atoms with Crippen LogP contribution in [0, 0.1) is 11.3 Å². The van der Waals surface area contributed by atoms with Gasteiger partial charge in [0.05, 0.1) is 25.8 Å². The second kappa shape index (κ2) is 9.40. The first-order valence-electron chi connectivity index (χ1n) is 11.0. The van der Waals surface area contributed by atoms with E-state index in [-0.39, 0.29) is 30.6 Å². The minimum atomic E-state index is -0.576. The Morgan fingerprint density at radius 2 is 1.71 bits per heavy atom. The Morgan fingerprint density at radius 3 is 2.26 bits per heavy atom. The van der Waals surface area contributed by atoms with E-state index in [2.05, 4.69) is 11.4 Å². The highest BCUT2D eigenvalue weighted by Gasteiger charge is 2.52. The van der Waals surface area contributed by atoms with E-state index >= 15 is 0 Å². The van der Waals surface area contributed by atoms with Crippen LogP contribution < -0.4 is 10.1 Å². The smallest absolute Gasteiger partial charge is 0.319 e. The van der Waals surface area contributed by atoms with E-state index < -0.39 is 6.04 Å². The third kappa shape index (κ3) is 4.24. The number of aliphatic hydroxyl groups is 1. The first-order valence-corrected chi connectivity index (χ1v) is 11.0. The number of rotatable bonds is 5. The minimum absolute atomic E-state index is 0.166. The maximum absolute atomic E-state index is 12.8. The molecule has 1 saturated heterocycles. The average molecular weight is 420 g/mol. The summed E-state index contributed by atoms with van der Waals surface area (Å²) >= 11 is 0. The van der Waals surface area contributed by atoms with Gasteiger partial charge in [0, 0.05) is 12.0 Å². The van der Waals surface area contributed by atoms with E-state index in [0.717, 1.165) is 48.1 Å². The Balaban J connectivity index is 1.48. The Morgan fingerprint density at radius 1 is 1.10 bits per heavy atom. The fourth-order valence-corrected chi connectivity index (χ4v) is 4.86. The molecule has 0 unspecified atom stereocenters. The number of benzene rings is 2. The maximum atomic E-state index is 12.8. The zero-order valence-corrected chi connectivity index (χ0v) is 17.8. The molecule has 2 fully saturated rings. The number of hydrogen-bond acceptors (Lipinski definition) is 4. The van der Waals surface area contributed by atoms with Crippen molar-refractivity contribution < 1.29 is 14.6 Å². The average Bonchev–Trinajstić information content (AvgIpc) is 2.80. The topological polar surface area (TPSA) is 85.6 Å². The molecule has 31 heavy (non-hydrogen) atoms.